The van der Waals surface area contributed by atoms with Crippen molar-refractivity contribution in [2.24, 2.45) is 5.92 Å². The lowest BCUT2D eigenvalue weighted by molar-refractivity contribution is -0.125. The zero-order valence-electron chi connectivity index (χ0n) is 17.4. The van der Waals surface area contributed by atoms with Crippen LogP contribution in [-0.2, 0) is 16.1 Å². The van der Waals surface area contributed by atoms with E-state index in [1.54, 1.807) is 33.5 Å². The fourth-order valence-electron chi connectivity index (χ4n) is 3.98. The molecule has 29 heavy (non-hydrogen) atoms. The maximum absolute atomic E-state index is 13.2. The maximum atomic E-state index is 13.2. The van der Waals surface area contributed by atoms with E-state index in [0.717, 1.165) is 25.9 Å². The Labute approximate surface area is 172 Å². The summed E-state index contributed by atoms with van der Waals surface area (Å²) in [6.45, 7) is 2.27. The largest absolute Gasteiger partial charge is 0.497 e. The first-order valence-electron chi connectivity index (χ1n) is 9.96. The lowest BCUT2D eigenvalue weighted by Gasteiger charge is -2.40. The number of carbonyl (C=O) groups excluding carboxylic acids is 1. The fraction of sp³-hybridized carbons (Fsp3) is 0.435. The monoisotopic (exact) mass is 398 g/mol. The first kappa shape index (κ1) is 21.1. The molecule has 1 fully saturated rings. The molecule has 2 aromatic carbocycles. The molecule has 2 aromatic rings. The number of amides is 1. The molecular weight excluding hydrogens is 368 g/mol. The summed E-state index contributed by atoms with van der Waals surface area (Å²) in [6, 6.07) is 15.8. The zero-order valence-corrected chi connectivity index (χ0v) is 17.4. The number of piperidine rings is 1. The van der Waals surface area contributed by atoms with Crippen LogP contribution in [0.15, 0.2) is 48.5 Å². The summed E-state index contributed by atoms with van der Waals surface area (Å²) in [6.07, 6.45) is 1.80. The fourth-order valence-corrected chi connectivity index (χ4v) is 3.98. The Morgan fingerprint density at radius 3 is 2.59 bits per heavy atom. The lowest BCUT2D eigenvalue weighted by Crippen LogP contribution is -2.51. The number of anilines is 1. The summed E-state index contributed by atoms with van der Waals surface area (Å²) >= 11 is 0. The lowest BCUT2D eigenvalue weighted by atomic mass is 9.88. The first-order valence-corrected chi connectivity index (χ1v) is 9.96. The Bertz CT molecular complexity index is 797. The van der Waals surface area contributed by atoms with Gasteiger partial charge in [-0.05, 0) is 37.1 Å². The number of benzene rings is 2. The summed E-state index contributed by atoms with van der Waals surface area (Å²) < 4.78 is 16.2. The van der Waals surface area contributed by atoms with Crippen LogP contribution in [0.3, 0.4) is 0 Å². The van der Waals surface area contributed by atoms with E-state index in [0.29, 0.717) is 23.8 Å². The molecule has 0 bridgehead atoms. The van der Waals surface area contributed by atoms with Gasteiger partial charge in [-0.25, -0.2) is 0 Å². The van der Waals surface area contributed by atoms with Gasteiger partial charge >= 0.3 is 0 Å². The molecule has 6 heteroatoms. The molecule has 1 amide bonds. The molecule has 0 saturated carbocycles. The Balaban J connectivity index is 1.77. The van der Waals surface area contributed by atoms with Crippen molar-refractivity contribution >= 4 is 11.6 Å². The van der Waals surface area contributed by atoms with Crippen LogP contribution in [0.5, 0.6) is 11.5 Å². The van der Waals surface area contributed by atoms with Crippen LogP contribution in [0.1, 0.15) is 18.4 Å². The molecule has 2 atom stereocenters. The Hall–Kier alpha value is -2.57. The van der Waals surface area contributed by atoms with Gasteiger partial charge in [0.2, 0.25) is 5.91 Å². The first-order chi connectivity index (χ1) is 14.2. The minimum absolute atomic E-state index is 0.0173. The maximum Gasteiger partial charge on any atom is 0.229 e. The number of ether oxygens (including phenoxy) is 3. The molecular formula is C23H30N2O4. The van der Waals surface area contributed by atoms with E-state index in [1.165, 1.54) is 5.56 Å². The third-order valence-electron chi connectivity index (χ3n) is 5.46. The molecule has 156 valence electrons. The van der Waals surface area contributed by atoms with Gasteiger partial charge in [-0.15, -0.1) is 0 Å². The van der Waals surface area contributed by atoms with Crippen molar-refractivity contribution in [2.45, 2.75) is 25.4 Å². The smallest absolute Gasteiger partial charge is 0.229 e. The van der Waals surface area contributed by atoms with Gasteiger partial charge in [0.1, 0.15) is 11.5 Å². The van der Waals surface area contributed by atoms with Crippen LogP contribution in [0.4, 0.5) is 5.69 Å². The molecule has 0 aromatic heterocycles. The summed E-state index contributed by atoms with van der Waals surface area (Å²) in [4.78, 5) is 15.6. The van der Waals surface area contributed by atoms with Crippen LogP contribution in [0.25, 0.3) is 0 Å². The standard InChI is InChI=1S/C23H30N2O4/c1-27-16-21-19(10-7-13-25(21)15-17-8-5-4-6-9-17)23(26)24-20-14-18(28-2)11-12-22(20)29-3/h4-6,8-9,11-12,14,19,21H,7,10,13,15-16H2,1-3H3,(H,24,26)/t19-,21-/m1/s1. The Kier molecular flexibility index (Phi) is 7.49. The normalized spacial score (nSPS) is 19.6. The molecule has 1 aliphatic heterocycles. The van der Waals surface area contributed by atoms with Crippen molar-refractivity contribution in [3.8, 4) is 11.5 Å². The summed E-state index contributed by atoms with van der Waals surface area (Å²) in [7, 11) is 4.88. The van der Waals surface area contributed by atoms with E-state index < -0.39 is 0 Å². The molecule has 0 radical (unpaired) electrons. The summed E-state index contributed by atoms with van der Waals surface area (Å²) in [5, 5.41) is 3.05. The van der Waals surface area contributed by atoms with E-state index in [1.807, 2.05) is 24.3 Å². The second kappa shape index (κ2) is 10.3. The van der Waals surface area contributed by atoms with Gasteiger partial charge in [0.25, 0.3) is 0 Å². The second-order valence-electron chi connectivity index (χ2n) is 7.28. The van der Waals surface area contributed by atoms with Gasteiger partial charge < -0.3 is 19.5 Å². The third kappa shape index (κ3) is 5.28. The molecule has 1 N–H and O–H groups in total. The van der Waals surface area contributed by atoms with Gasteiger partial charge in [-0.1, -0.05) is 30.3 Å². The van der Waals surface area contributed by atoms with Gasteiger partial charge in [0.15, 0.2) is 0 Å². The van der Waals surface area contributed by atoms with Crippen molar-refractivity contribution in [3.63, 3.8) is 0 Å². The predicted molar refractivity (Wildman–Crippen MR) is 113 cm³/mol. The number of nitrogens with zero attached hydrogens (tertiary/aromatic N) is 1. The molecule has 1 saturated heterocycles. The highest BCUT2D eigenvalue weighted by Crippen LogP contribution is 2.32. The van der Waals surface area contributed by atoms with E-state index in [4.69, 9.17) is 14.2 Å². The topological polar surface area (TPSA) is 60.0 Å². The van der Waals surface area contributed by atoms with E-state index in [-0.39, 0.29) is 17.9 Å². The second-order valence-corrected chi connectivity index (χ2v) is 7.28. The van der Waals surface area contributed by atoms with E-state index in [2.05, 4.69) is 22.3 Å². The molecule has 0 unspecified atom stereocenters. The van der Waals surface area contributed by atoms with Crippen molar-refractivity contribution in [1.29, 1.82) is 0 Å². The quantitative estimate of drug-likeness (QED) is 0.737. The molecule has 0 spiro atoms. The molecule has 0 aliphatic carbocycles. The van der Waals surface area contributed by atoms with E-state index >= 15 is 0 Å². The highest BCUT2D eigenvalue weighted by molar-refractivity contribution is 5.94. The molecule has 1 aliphatic rings. The van der Waals surface area contributed by atoms with Crippen molar-refractivity contribution in [2.75, 3.05) is 39.8 Å². The SMILES string of the molecule is COC[C@@H]1[C@H](C(=O)Nc2cc(OC)ccc2OC)CCCN1Cc1ccccc1. The number of methoxy groups -OCH3 is 3. The van der Waals surface area contributed by atoms with Gasteiger partial charge in [0, 0.05) is 25.8 Å². The van der Waals surface area contributed by atoms with Gasteiger partial charge in [-0.2, -0.15) is 0 Å². The van der Waals surface area contributed by atoms with Crippen LogP contribution in [-0.4, -0.2) is 51.3 Å². The minimum Gasteiger partial charge on any atom is -0.497 e. The van der Waals surface area contributed by atoms with Crippen molar-refractivity contribution < 1.29 is 19.0 Å². The van der Waals surface area contributed by atoms with Crippen molar-refractivity contribution in [3.05, 3.63) is 54.1 Å². The molecule has 1 heterocycles. The number of likely N-dealkylation sites (tertiary alicyclic amines) is 1. The van der Waals surface area contributed by atoms with Crippen LogP contribution < -0.4 is 14.8 Å². The summed E-state index contributed by atoms with van der Waals surface area (Å²) in [5.41, 5.74) is 1.86. The van der Waals surface area contributed by atoms with Gasteiger partial charge in [0.05, 0.1) is 32.4 Å². The number of nitrogens with one attached hydrogen (secondary N) is 1. The zero-order chi connectivity index (χ0) is 20.6. The Morgan fingerprint density at radius 1 is 1.10 bits per heavy atom. The average molecular weight is 399 g/mol. The minimum atomic E-state index is -0.164. The van der Waals surface area contributed by atoms with Crippen molar-refractivity contribution in [1.82, 2.24) is 4.90 Å². The molecule has 3 rings (SSSR count). The summed E-state index contributed by atoms with van der Waals surface area (Å²) in [5.74, 6) is 1.10. The number of rotatable bonds is 8. The van der Waals surface area contributed by atoms with Crippen LogP contribution >= 0.6 is 0 Å². The van der Waals surface area contributed by atoms with Crippen LogP contribution in [0, 0.1) is 5.92 Å². The highest BCUT2D eigenvalue weighted by atomic mass is 16.5. The number of carbonyl (C=O) groups is 1. The van der Waals surface area contributed by atoms with Gasteiger partial charge in [-0.3, -0.25) is 9.69 Å². The Morgan fingerprint density at radius 2 is 1.90 bits per heavy atom. The average Bonchev–Trinajstić information content (AvgIpc) is 2.75. The molecule has 6 nitrogen and oxygen atoms in total. The van der Waals surface area contributed by atoms with E-state index in [9.17, 15) is 4.79 Å². The predicted octanol–water partition coefficient (Wildman–Crippen LogP) is 3.57. The number of hydrogen-bond donors (Lipinski definition) is 1. The highest BCUT2D eigenvalue weighted by Gasteiger charge is 2.36. The van der Waals surface area contributed by atoms with Crippen LogP contribution in [0.2, 0.25) is 0 Å². The number of hydrogen-bond acceptors (Lipinski definition) is 5. The third-order valence-corrected chi connectivity index (χ3v) is 5.46.